The molecule has 0 radical (unpaired) electrons. The van der Waals surface area contributed by atoms with Gasteiger partial charge in [0.25, 0.3) is 0 Å². The van der Waals surface area contributed by atoms with Crippen LogP contribution >= 0.6 is 170 Å². The summed E-state index contributed by atoms with van der Waals surface area (Å²) in [6.07, 6.45) is 0. The van der Waals surface area contributed by atoms with E-state index in [-0.39, 0.29) is 34.0 Å². The molecule has 0 aromatic heterocycles. The second kappa shape index (κ2) is 13.6. The molecule has 0 spiro atoms. The van der Waals surface area contributed by atoms with Crippen LogP contribution in [0.25, 0.3) is 0 Å². The van der Waals surface area contributed by atoms with Gasteiger partial charge in [-0.1, -0.05) is 0 Å². The van der Waals surface area contributed by atoms with Crippen LogP contribution in [0.5, 0.6) is 17.2 Å². The number of benzene rings is 3. The van der Waals surface area contributed by atoms with Crippen molar-refractivity contribution in [2.24, 2.45) is 0 Å². The van der Waals surface area contributed by atoms with E-state index in [2.05, 4.69) is 172 Å². The zero-order chi connectivity index (χ0) is 20.7. The molecule has 0 saturated heterocycles. The Labute approximate surface area is 285 Å². The van der Waals surface area contributed by atoms with Crippen molar-refractivity contribution < 1.29 is 15.3 Å². The molecule has 0 unspecified atom stereocenters. The van der Waals surface area contributed by atoms with Gasteiger partial charge in [0.2, 0.25) is 0 Å². The van der Waals surface area contributed by atoms with Crippen molar-refractivity contribution in [3.8, 4) is 17.2 Å². The summed E-state index contributed by atoms with van der Waals surface area (Å²) in [6.45, 7) is 0. The maximum absolute atomic E-state index is 10.2. The predicted molar refractivity (Wildman–Crippen MR) is 186 cm³/mol. The van der Waals surface area contributed by atoms with Crippen LogP contribution in [0.3, 0.4) is 0 Å². The van der Waals surface area contributed by atoms with Crippen molar-refractivity contribution in [1.29, 1.82) is 0 Å². The van der Waals surface area contributed by atoms with E-state index >= 15 is 0 Å². The Morgan fingerprint density at radius 1 is 0.433 bits per heavy atom. The Morgan fingerprint density at radius 2 is 0.600 bits per heavy atom. The topological polar surface area (TPSA) is 60.7 Å². The summed E-state index contributed by atoms with van der Waals surface area (Å²) in [5.74, 6) is 0.955. The van der Waals surface area contributed by atoms with Crippen LogP contribution in [0, 0.1) is 21.4 Å². The average Bonchev–Trinajstić information content (AvgIpc) is 2.62. The Morgan fingerprint density at radius 3 is 0.767 bits per heavy atom. The van der Waals surface area contributed by atoms with E-state index in [9.17, 15) is 15.3 Å². The quantitative estimate of drug-likeness (QED) is 0.220. The van der Waals surface area contributed by atoms with Gasteiger partial charge >= 0.3 is 257 Å². The van der Waals surface area contributed by atoms with Crippen LogP contribution < -0.4 is 9.81 Å². The summed E-state index contributed by atoms with van der Waals surface area (Å²) in [5, 5.41) is 30.7. The van der Waals surface area contributed by atoms with Crippen molar-refractivity contribution in [2.75, 3.05) is 0 Å². The first-order chi connectivity index (χ1) is 13.1. The van der Waals surface area contributed by atoms with E-state index in [0.29, 0.717) is 17.2 Å². The summed E-state index contributed by atoms with van der Waals surface area (Å²) < 4.78 is 8.77. The van der Waals surface area contributed by atoms with Crippen LogP contribution in [0.15, 0.2) is 36.4 Å². The monoisotopic (exact) mass is 1400 g/mol. The fraction of sp³-hybridized carbons (Fsp3) is 0. The molecule has 30 heavy (non-hydrogen) atoms. The summed E-state index contributed by atoms with van der Waals surface area (Å²) in [6, 6.07) is 12.5. The molecule has 0 heterocycles. The summed E-state index contributed by atoms with van der Waals surface area (Å²) in [7, 11) is 0. The van der Waals surface area contributed by atoms with Gasteiger partial charge in [0.15, 0.2) is 0 Å². The third-order valence-corrected chi connectivity index (χ3v) is 17.7. The van der Waals surface area contributed by atoms with Crippen molar-refractivity contribution in [1.82, 2.24) is 0 Å². The number of aromatic hydroxyl groups is 3. The van der Waals surface area contributed by atoms with Crippen LogP contribution in [0.1, 0.15) is 0 Å². The van der Waals surface area contributed by atoms with E-state index in [0.717, 1.165) is 21.4 Å². The molecule has 0 saturated carbocycles. The minimum atomic E-state index is -2.74. The SMILES string of the molecule is Br.Br.Oc1c(I)c[c]([Bi]([c]2cc(I)c(O)c(I)c2)[c]2cc(I)c(O)c(I)c2)cc1I. The van der Waals surface area contributed by atoms with Gasteiger partial charge in [-0.2, -0.15) is 0 Å². The molecule has 3 nitrogen and oxygen atoms in total. The number of rotatable bonds is 3. The molecule has 0 aliphatic carbocycles. The summed E-state index contributed by atoms with van der Waals surface area (Å²) in [5.41, 5.74) is 0. The second-order valence-corrected chi connectivity index (χ2v) is 21.2. The van der Waals surface area contributed by atoms with Gasteiger partial charge < -0.3 is 0 Å². The number of hydrogen-bond acceptors (Lipinski definition) is 3. The first kappa shape index (κ1) is 31.3. The van der Waals surface area contributed by atoms with Gasteiger partial charge in [-0.3, -0.25) is 0 Å². The minimum absolute atomic E-state index is 0. The van der Waals surface area contributed by atoms with Gasteiger partial charge in [-0.05, 0) is 0 Å². The third-order valence-electron chi connectivity index (χ3n) is 3.78. The number of hydrogen-bond donors (Lipinski definition) is 3. The molecule has 162 valence electrons. The average molecular weight is 1410 g/mol. The zero-order valence-electron chi connectivity index (χ0n) is 14.3. The molecule has 3 aromatic rings. The van der Waals surface area contributed by atoms with Crippen molar-refractivity contribution >= 4 is 201 Å². The fourth-order valence-electron chi connectivity index (χ4n) is 2.49. The van der Waals surface area contributed by atoms with Crippen molar-refractivity contribution in [2.45, 2.75) is 0 Å². The van der Waals surface area contributed by atoms with Crippen LogP contribution in [-0.4, -0.2) is 37.1 Å². The van der Waals surface area contributed by atoms with E-state index in [4.69, 9.17) is 0 Å². The molecule has 3 aromatic carbocycles. The van der Waals surface area contributed by atoms with Gasteiger partial charge in [0.05, 0.1) is 0 Å². The van der Waals surface area contributed by atoms with E-state index in [1.165, 1.54) is 9.81 Å². The normalized spacial score (nSPS) is 10.5. The molecular formula is C18H11BiBr2I6O3. The van der Waals surface area contributed by atoms with Gasteiger partial charge in [0, 0.05) is 0 Å². The van der Waals surface area contributed by atoms with E-state index in [1.807, 2.05) is 0 Å². The third kappa shape index (κ3) is 7.16. The predicted octanol–water partition coefficient (Wildman–Crippen LogP) is 6.10. The molecule has 0 amide bonds. The molecule has 0 aliphatic rings. The van der Waals surface area contributed by atoms with E-state index in [1.54, 1.807) is 0 Å². The van der Waals surface area contributed by atoms with Crippen LogP contribution in [-0.2, 0) is 0 Å². The molecule has 3 rings (SSSR count). The summed E-state index contributed by atoms with van der Waals surface area (Å²) in [4.78, 5) is 0. The Bertz CT molecular complexity index is 894. The molecule has 0 fully saturated rings. The number of phenolic OH excluding ortho intramolecular Hbond substituents is 3. The number of halogens is 8. The van der Waals surface area contributed by atoms with Gasteiger partial charge in [0.1, 0.15) is 0 Å². The summed E-state index contributed by atoms with van der Waals surface area (Å²) >= 11 is 10.3. The molecule has 0 aliphatic heterocycles. The van der Waals surface area contributed by atoms with Gasteiger partial charge in [-0.15, -0.1) is 34.0 Å². The Hall–Kier alpha value is 3.28. The van der Waals surface area contributed by atoms with E-state index < -0.39 is 21.8 Å². The maximum atomic E-state index is 10.2. The molecular weight excluding hydrogens is 1390 g/mol. The van der Waals surface area contributed by atoms with Gasteiger partial charge in [-0.25, -0.2) is 0 Å². The molecule has 12 heteroatoms. The fourth-order valence-corrected chi connectivity index (χ4v) is 23.3. The Kier molecular flexibility index (Phi) is 14.1. The molecule has 0 bridgehead atoms. The van der Waals surface area contributed by atoms with Crippen LogP contribution in [0.2, 0.25) is 0 Å². The zero-order valence-corrected chi connectivity index (χ0v) is 34.2. The van der Waals surface area contributed by atoms with Crippen molar-refractivity contribution in [3.05, 3.63) is 57.8 Å². The molecule has 0 atom stereocenters. The van der Waals surface area contributed by atoms with Crippen LogP contribution in [0.4, 0.5) is 0 Å². The first-order valence-electron chi connectivity index (χ1n) is 7.44. The Balaban J connectivity index is 0.00000225. The standard InChI is InChI=1S/3C6H3I2O.Bi.2BrH/c3*7-4-2-1-3-5(8)6(4)9;;;/h3*2-3,9H;;2*1H. The number of phenols is 3. The van der Waals surface area contributed by atoms with Crippen molar-refractivity contribution in [3.63, 3.8) is 0 Å². The second-order valence-electron chi connectivity index (χ2n) is 5.61. The first-order valence-corrected chi connectivity index (χ1v) is 19.1. The molecule has 3 N–H and O–H groups in total.